The Kier molecular flexibility index (Phi) is 7.47. The third kappa shape index (κ3) is 5.46. The maximum absolute atomic E-state index is 13.4. The molecule has 0 amide bonds. The molecule has 2 atom stereocenters. The summed E-state index contributed by atoms with van der Waals surface area (Å²) in [5.41, 5.74) is 1.28. The van der Waals surface area contributed by atoms with E-state index in [-0.39, 0.29) is 18.9 Å². The van der Waals surface area contributed by atoms with E-state index >= 15 is 0 Å². The Morgan fingerprint density at radius 3 is 2.15 bits per heavy atom. The molecule has 0 aliphatic carbocycles. The fourth-order valence-corrected chi connectivity index (χ4v) is 5.35. The van der Waals surface area contributed by atoms with Gasteiger partial charge in [0.1, 0.15) is 5.75 Å². The Morgan fingerprint density at radius 1 is 1.12 bits per heavy atom. The molecule has 1 aliphatic rings. The van der Waals surface area contributed by atoms with Crippen LogP contribution >= 0.6 is 11.8 Å². The Labute approximate surface area is 204 Å². The summed E-state index contributed by atoms with van der Waals surface area (Å²) in [6.45, 7) is 6.62. The minimum Gasteiger partial charge on any atom is -0.478 e. The number of ether oxygens (including phenoxy) is 1. The van der Waals surface area contributed by atoms with Gasteiger partial charge in [-0.15, -0.1) is 11.8 Å². The van der Waals surface area contributed by atoms with Gasteiger partial charge in [-0.05, 0) is 62.8 Å². The number of thioether (sulfide) groups is 1. The summed E-state index contributed by atoms with van der Waals surface area (Å²) < 4.78 is 31.2. The first-order valence-electron chi connectivity index (χ1n) is 10.7. The Hall–Kier alpha value is -2.40. The second kappa shape index (κ2) is 9.69. The molecule has 1 fully saturated rings. The van der Waals surface area contributed by atoms with E-state index in [0.29, 0.717) is 22.4 Å². The molecule has 0 saturated carbocycles. The van der Waals surface area contributed by atoms with Crippen molar-refractivity contribution >= 4 is 33.7 Å². The molecule has 0 radical (unpaired) electrons. The van der Waals surface area contributed by atoms with Crippen LogP contribution in [0.3, 0.4) is 0 Å². The first-order chi connectivity index (χ1) is 15.7. The average molecular weight is 507 g/mol. The van der Waals surface area contributed by atoms with Crippen LogP contribution in [0.5, 0.6) is 5.75 Å². The molecule has 1 aliphatic heterocycles. The summed E-state index contributed by atoms with van der Waals surface area (Å²) in [6, 6.07) is 10.9. The summed E-state index contributed by atoms with van der Waals surface area (Å²) in [7, 11) is -3.98. The van der Waals surface area contributed by atoms with Crippen molar-refractivity contribution in [2.75, 3.05) is 19.3 Å². The molecule has 0 unspecified atom stereocenters. The van der Waals surface area contributed by atoms with E-state index in [4.69, 9.17) is 9.88 Å². The van der Waals surface area contributed by atoms with E-state index in [0.717, 1.165) is 14.8 Å². The van der Waals surface area contributed by atoms with Crippen LogP contribution in [0.25, 0.3) is 0 Å². The summed E-state index contributed by atoms with van der Waals surface area (Å²) >= 11 is 1.57. The number of hydrogen-bond acceptors (Lipinski definition) is 6. The van der Waals surface area contributed by atoms with E-state index in [2.05, 4.69) is 0 Å². The highest BCUT2D eigenvalue weighted by Gasteiger charge is 2.42. The number of nitrogens with zero attached hydrogens (tertiary/aromatic N) is 1. The molecular weight excluding hydrogens is 476 g/mol. The van der Waals surface area contributed by atoms with Gasteiger partial charge < -0.3 is 9.84 Å². The van der Waals surface area contributed by atoms with Crippen LogP contribution in [0.4, 0.5) is 0 Å². The van der Waals surface area contributed by atoms with E-state index in [1.54, 1.807) is 37.7 Å². The van der Waals surface area contributed by atoms with Gasteiger partial charge in [-0.2, -0.15) is 12.7 Å². The van der Waals surface area contributed by atoms with E-state index in [9.17, 15) is 23.1 Å². The number of carboxylic acid groups (broad SMARTS) is 1. The molecule has 1 heterocycles. The van der Waals surface area contributed by atoms with Crippen molar-refractivity contribution in [2.45, 2.75) is 44.1 Å². The van der Waals surface area contributed by atoms with Crippen LogP contribution in [0.1, 0.15) is 46.8 Å². The normalized spacial score (nSPS) is 19.2. The molecule has 8 nitrogen and oxygen atoms in total. The highest BCUT2D eigenvalue weighted by atomic mass is 32.2. The summed E-state index contributed by atoms with van der Waals surface area (Å²) in [4.78, 5) is 26.0. The molecular formula is C24H30N2O6S2. The standard InChI is InChI=1S/C24H30N2O6S2/c1-14-10-17(11-15(2)22(14)32-24(3,4)23(28)29)19-12-26(34(25,30)31)13-20(19)21(27)16-6-8-18(33-5)9-7-16/h6-11,19-20H,12-13H2,1-5H3,(H,28,29)(H2,25,30,31)/t19-,20+/m0/s1. The minimum absolute atomic E-state index is 0.00496. The lowest BCUT2D eigenvalue weighted by atomic mass is 9.82. The third-order valence-corrected chi connectivity index (χ3v) is 7.90. The maximum Gasteiger partial charge on any atom is 0.347 e. The fraction of sp³-hybridized carbons (Fsp3) is 0.417. The zero-order valence-electron chi connectivity index (χ0n) is 19.9. The van der Waals surface area contributed by atoms with Gasteiger partial charge in [0.05, 0.1) is 0 Å². The van der Waals surface area contributed by atoms with Crippen molar-refractivity contribution in [3.63, 3.8) is 0 Å². The lowest BCUT2D eigenvalue weighted by Gasteiger charge is -2.26. The number of carbonyl (C=O) groups excluding carboxylic acids is 1. The van der Waals surface area contributed by atoms with Gasteiger partial charge in [0, 0.05) is 35.4 Å². The van der Waals surface area contributed by atoms with Crippen molar-refractivity contribution in [3.05, 3.63) is 58.7 Å². The third-order valence-electron chi connectivity index (χ3n) is 6.14. The molecule has 0 spiro atoms. The predicted octanol–water partition coefficient (Wildman–Crippen LogP) is 3.37. The maximum atomic E-state index is 13.4. The first kappa shape index (κ1) is 26.2. The van der Waals surface area contributed by atoms with Gasteiger partial charge in [-0.3, -0.25) is 4.79 Å². The molecule has 3 N–H and O–H groups in total. The molecule has 3 rings (SSSR count). The van der Waals surface area contributed by atoms with Crippen molar-refractivity contribution in [2.24, 2.45) is 11.1 Å². The highest BCUT2D eigenvalue weighted by molar-refractivity contribution is 7.98. The van der Waals surface area contributed by atoms with Crippen LogP contribution in [-0.2, 0) is 15.0 Å². The van der Waals surface area contributed by atoms with E-state index < -0.39 is 33.6 Å². The summed E-state index contributed by atoms with van der Waals surface area (Å²) in [5, 5.41) is 14.8. The number of rotatable bonds is 8. The second-order valence-corrected chi connectivity index (χ2v) is 11.5. The number of carboxylic acids is 1. The van der Waals surface area contributed by atoms with Gasteiger partial charge in [-0.25, -0.2) is 9.93 Å². The second-order valence-electron chi connectivity index (χ2n) is 9.07. The van der Waals surface area contributed by atoms with Gasteiger partial charge in [0.25, 0.3) is 10.2 Å². The summed E-state index contributed by atoms with van der Waals surface area (Å²) in [5.74, 6) is -1.81. The number of Topliss-reactive ketones (excluding diaryl/α,β-unsaturated/α-hetero) is 1. The largest absolute Gasteiger partial charge is 0.478 e. The average Bonchev–Trinajstić information content (AvgIpc) is 3.21. The van der Waals surface area contributed by atoms with Crippen LogP contribution in [0, 0.1) is 19.8 Å². The van der Waals surface area contributed by atoms with Crippen LogP contribution in [-0.4, -0.2) is 54.5 Å². The lowest BCUT2D eigenvalue weighted by molar-refractivity contribution is -0.152. The van der Waals surface area contributed by atoms with Gasteiger partial charge in [0.2, 0.25) is 0 Å². The quantitative estimate of drug-likeness (QED) is 0.415. The number of benzene rings is 2. The number of carbonyl (C=O) groups is 2. The van der Waals surface area contributed by atoms with Crippen LogP contribution in [0.2, 0.25) is 0 Å². The summed E-state index contributed by atoms with van der Waals surface area (Å²) in [6.07, 6.45) is 1.95. The molecule has 1 saturated heterocycles. The van der Waals surface area contributed by atoms with Crippen molar-refractivity contribution in [1.82, 2.24) is 4.31 Å². The highest BCUT2D eigenvalue weighted by Crippen LogP contribution is 2.39. The monoisotopic (exact) mass is 506 g/mol. The van der Waals surface area contributed by atoms with E-state index in [1.807, 2.05) is 30.5 Å². The van der Waals surface area contributed by atoms with E-state index in [1.165, 1.54) is 13.8 Å². The number of aliphatic carboxylic acids is 1. The van der Waals surface area contributed by atoms with Crippen molar-refractivity contribution in [3.8, 4) is 5.75 Å². The SMILES string of the molecule is CSc1ccc(C(=O)[C@@H]2CN(S(N)(=O)=O)C[C@H]2c2cc(C)c(OC(C)(C)C(=O)O)c(C)c2)cc1. The Balaban J connectivity index is 2.00. The molecule has 0 aromatic heterocycles. The van der Waals surface area contributed by atoms with Gasteiger partial charge >= 0.3 is 5.97 Å². The number of ketones is 1. The molecule has 2 aromatic rings. The minimum atomic E-state index is -3.98. The topological polar surface area (TPSA) is 127 Å². The van der Waals surface area contributed by atoms with Crippen LogP contribution < -0.4 is 9.88 Å². The first-order valence-corrected chi connectivity index (χ1v) is 13.5. The zero-order valence-corrected chi connectivity index (χ0v) is 21.5. The predicted molar refractivity (Wildman–Crippen MR) is 132 cm³/mol. The van der Waals surface area contributed by atoms with Crippen molar-refractivity contribution in [1.29, 1.82) is 0 Å². The smallest absolute Gasteiger partial charge is 0.347 e. The van der Waals surface area contributed by atoms with Gasteiger partial charge in [-0.1, -0.05) is 24.3 Å². The Bertz CT molecular complexity index is 1190. The molecule has 2 aromatic carbocycles. The number of hydrogen-bond donors (Lipinski definition) is 2. The molecule has 10 heteroatoms. The molecule has 0 bridgehead atoms. The zero-order chi connectivity index (χ0) is 25.4. The lowest BCUT2D eigenvalue weighted by Crippen LogP contribution is -2.38. The molecule has 34 heavy (non-hydrogen) atoms. The van der Waals surface area contributed by atoms with Crippen molar-refractivity contribution < 1.29 is 27.9 Å². The number of aryl methyl sites for hydroxylation is 2. The van der Waals surface area contributed by atoms with Gasteiger partial charge in [0.15, 0.2) is 11.4 Å². The molecule has 184 valence electrons. The number of nitrogens with two attached hydrogens (primary N) is 1. The van der Waals surface area contributed by atoms with Crippen LogP contribution in [0.15, 0.2) is 41.3 Å². The Morgan fingerprint density at radius 2 is 1.68 bits per heavy atom. The fourth-order valence-electron chi connectivity index (χ4n) is 4.21.